The fourth-order valence-electron chi connectivity index (χ4n) is 3.13. The lowest BCUT2D eigenvalue weighted by Gasteiger charge is -2.28. The standard InChI is InChI=1S/C16H23N3O2/c1-2-19-9-5-6-12(19)10-18-16(20)15-11-17-13-7-3-4-8-14(13)21-15/h3-4,7-8,12,15,17H,2,5-6,9-11H2,1H3,(H,18,20). The molecule has 1 fully saturated rings. The number of nitrogens with zero attached hydrogens (tertiary/aromatic N) is 1. The summed E-state index contributed by atoms with van der Waals surface area (Å²) < 4.78 is 5.77. The minimum absolute atomic E-state index is 0.0278. The Morgan fingerprint density at radius 1 is 1.48 bits per heavy atom. The average molecular weight is 289 g/mol. The third-order valence-electron chi connectivity index (χ3n) is 4.34. The molecule has 114 valence electrons. The van der Waals surface area contributed by atoms with Crippen molar-refractivity contribution in [3.05, 3.63) is 24.3 Å². The van der Waals surface area contributed by atoms with E-state index in [-0.39, 0.29) is 5.91 Å². The van der Waals surface area contributed by atoms with E-state index >= 15 is 0 Å². The van der Waals surface area contributed by atoms with Crippen molar-refractivity contribution in [3.8, 4) is 5.75 Å². The molecule has 2 heterocycles. The molecule has 2 aliphatic rings. The Morgan fingerprint density at radius 3 is 3.19 bits per heavy atom. The van der Waals surface area contributed by atoms with Crippen molar-refractivity contribution >= 4 is 11.6 Å². The summed E-state index contributed by atoms with van der Waals surface area (Å²) in [6, 6.07) is 8.19. The lowest BCUT2D eigenvalue weighted by atomic mass is 10.2. The van der Waals surface area contributed by atoms with Crippen molar-refractivity contribution in [2.75, 3.05) is 31.5 Å². The number of carbonyl (C=O) groups excluding carboxylic acids is 1. The zero-order valence-corrected chi connectivity index (χ0v) is 12.5. The minimum Gasteiger partial charge on any atom is -0.477 e. The van der Waals surface area contributed by atoms with Gasteiger partial charge in [-0.05, 0) is 38.1 Å². The van der Waals surface area contributed by atoms with E-state index in [0.29, 0.717) is 19.1 Å². The molecular formula is C16H23N3O2. The number of rotatable bonds is 4. The largest absolute Gasteiger partial charge is 0.477 e. The number of ether oxygens (including phenoxy) is 1. The summed E-state index contributed by atoms with van der Waals surface area (Å²) in [5.74, 6) is 0.722. The fourth-order valence-corrected chi connectivity index (χ4v) is 3.13. The van der Waals surface area contributed by atoms with Crippen LogP contribution in [0.2, 0.25) is 0 Å². The monoisotopic (exact) mass is 289 g/mol. The van der Waals surface area contributed by atoms with Crippen molar-refractivity contribution in [1.82, 2.24) is 10.2 Å². The van der Waals surface area contributed by atoms with Gasteiger partial charge in [-0.25, -0.2) is 0 Å². The summed E-state index contributed by atoms with van der Waals surface area (Å²) in [6.07, 6.45) is 1.95. The molecule has 0 aromatic heterocycles. The normalized spacial score (nSPS) is 24.8. The van der Waals surface area contributed by atoms with Gasteiger partial charge in [0.2, 0.25) is 0 Å². The van der Waals surface area contributed by atoms with E-state index in [9.17, 15) is 4.79 Å². The average Bonchev–Trinajstić information content (AvgIpc) is 2.99. The van der Waals surface area contributed by atoms with Gasteiger partial charge in [0, 0.05) is 12.6 Å². The van der Waals surface area contributed by atoms with Gasteiger partial charge in [-0.1, -0.05) is 19.1 Å². The Hall–Kier alpha value is -1.75. The van der Waals surface area contributed by atoms with Crippen molar-refractivity contribution in [1.29, 1.82) is 0 Å². The van der Waals surface area contributed by atoms with Gasteiger partial charge in [-0.2, -0.15) is 0 Å². The molecule has 0 aliphatic carbocycles. The zero-order valence-electron chi connectivity index (χ0n) is 12.5. The first-order valence-corrected chi connectivity index (χ1v) is 7.79. The highest BCUT2D eigenvalue weighted by Gasteiger charge is 2.28. The summed E-state index contributed by atoms with van der Waals surface area (Å²) in [5.41, 5.74) is 0.953. The summed E-state index contributed by atoms with van der Waals surface area (Å²) in [5, 5.41) is 6.29. The molecule has 2 unspecified atom stereocenters. The number of hydrogen-bond donors (Lipinski definition) is 2. The van der Waals surface area contributed by atoms with E-state index < -0.39 is 6.10 Å². The summed E-state index contributed by atoms with van der Waals surface area (Å²) in [4.78, 5) is 14.7. The number of hydrogen-bond acceptors (Lipinski definition) is 4. The first-order chi connectivity index (χ1) is 10.3. The number of likely N-dealkylation sites (tertiary alicyclic amines) is 1. The highest BCUT2D eigenvalue weighted by molar-refractivity contribution is 5.83. The van der Waals surface area contributed by atoms with Gasteiger partial charge in [0.05, 0.1) is 12.2 Å². The molecule has 1 amide bonds. The van der Waals surface area contributed by atoms with Gasteiger partial charge < -0.3 is 15.4 Å². The van der Waals surface area contributed by atoms with Gasteiger partial charge >= 0.3 is 0 Å². The van der Waals surface area contributed by atoms with Gasteiger partial charge in [0.1, 0.15) is 5.75 Å². The van der Waals surface area contributed by atoms with Gasteiger partial charge in [-0.3, -0.25) is 9.69 Å². The Labute approximate surface area is 125 Å². The van der Waals surface area contributed by atoms with E-state index in [1.807, 2.05) is 24.3 Å². The quantitative estimate of drug-likeness (QED) is 0.881. The van der Waals surface area contributed by atoms with Crippen LogP contribution in [0.1, 0.15) is 19.8 Å². The molecule has 0 saturated carbocycles. The number of anilines is 1. The molecule has 2 N–H and O–H groups in total. The van der Waals surface area contributed by atoms with Crippen LogP contribution in [0, 0.1) is 0 Å². The van der Waals surface area contributed by atoms with Crippen LogP contribution in [0.25, 0.3) is 0 Å². The van der Waals surface area contributed by atoms with Gasteiger partial charge in [-0.15, -0.1) is 0 Å². The number of carbonyl (C=O) groups is 1. The van der Waals surface area contributed by atoms with Crippen LogP contribution in [-0.2, 0) is 4.79 Å². The lowest BCUT2D eigenvalue weighted by Crippen LogP contribution is -2.48. The fraction of sp³-hybridized carbons (Fsp3) is 0.562. The topological polar surface area (TPSA) is 53.6 Å². The maximum Gasteiger partial charge on any atom is 0.263 e. The molecular weight excluding hydrogens is 266 g/mol. The van der Waals surface area contributed by atoms with Crippen LogP contribution in [0.15, 0.2) is 24.3 Å². The third-order valence-corrected chi connectivity index (χ3v) is 4.34. The van der Waals surface area contributed by atoms with Crippen molar-refractivity contribution < 1.29 is 9.53 Å². The Morgan fingerprint density at radius 2 is 2.33 bits per heavy atom. The zero-order chi connectivity index (χ0) is 14.7. The molecule has 1 saturated heterocycles. The van der Waals surface area contributed by atoms with Crippen LogP contribution in [0.3, 0.4) is 0 Å². The van der Waals surface area contributed by atoms with E-state index in [0.717, 1.165) is 24.5 Å². The van der Waals surface area contributed by atoms with Crippen molar-refractivity contribution in [3.63, 3.8) is 0 Å². The number of likely N-dealkylation sites (N-methyl/N-ethyl adjacent to an activating group) is 1. The maximum atomic E-state index is 12.3. The second kappa shape index (κ2) is 6.35. The maximum absolute atomic E-state index is 12.3. The van der Waals surface area contributed by atoms with Crippen LogP contribution in [0.4, 0.5) is 5.69 Å². The Bertz CT molecular complexity index is 506. The van der Waals surface area contributed by atoms with Gasteiger partial charge in [0.15, 0.2) is 6.10 Å². The van der Waals surface area contributed by atoms with E-state index in [1.54, 1.807) is 0 Å². The molecule has 2 atom stereocenters. The van der Waals surface area contributed by atoms with Crippen LogP contribution < -0.4 is 15.4 Å². The highest BCUT2D eigenvalue weighted by Crippen LogP contribution is 2.28. The van der Waals surface area contributed by atoms with Gasteiger partial charge in [0.25, 0.3) is 5.91 Å². The number of nitrogens with one attached hydrogen (secondary N) is 2. The van der Waals surface area contributed by atoms with E-state index in [2.05, 4.69) is 22.5 Å². The van der Waals surface area contributed by atoms with Crippen LogP contribution in [-0.4, -0.2) is 49.1 Å². The van der Waals surface area contributed by atoms with Crippen molar-refractivity contribution in [2.45, 2.75) is 31.9 Å². The molecule has 1 aromatic carbocycles. The number of fused-ring (bicyclic) bond motifs is 1. The Kier molecular flexibility index (Phi) is 4.29. The first-order valence-electron chi connectivity index (χ1n) is 7.79. The molecule has 1 aromatic rings. The molecule has 21 heavy (non-hydrogen) atoms. The highest BCUT2D eigenvalue weighted by atomic mass is 16.5. The Balaban J connectivity index is 1.52. The van der Waals surface area contributed by atoms with Crippen LogP contribution in [0.5, 0.6) is 5.75 Å². The molecule has 0 radical (unpaired) electrons. The lowest BCUT2D eigenvalue weighted by molar-refractivity contribution is -0.127. The molecule has 3 rings (SSSR count). The molecule has 0 spiro atoms. The van der Waals surface area contributed by atoms with Crippen LogP contribution >= 0.6 is 0 Å². The first kappa shape index (κ1) is 14.2. The smallest absolute Gasteiger partial charge is 0.263 e. The predicted molar refractivity (Wildman–Crippen MR) is 82.6 cm³/mol. The summed E-state index contributed by atoms with van der Waals surface area (Å²) in [6.45, 7) is 5.60. The predicted octanol–water partition coefficient (Wildman–Crippen LogP) is 1.46. The number of para-hydroxylation sites is 2. The number of amides is 1. The molecule has 0 bridgehead atoms. The second-order valence-electron chi connectivity index (χ2n) is 5.65. The summed E-state index contributed by atoms with van der Waals surface area (Å²) >= 11 is 0. The number of benzene rings is 1. The SMILES string of the molecule is CCN1CCCC1CNC(=O)C1CNc2ccccc2O1. The summed E-state index contributed by atoms with van der Waals surface area (Å²) in [7, 11) is 0. The molecule has 5 heteroatoms. The molecule has 2 aliphatic heterocycles. The third kappa shape index (κ3) is 3.13. The molecule has 5 nitrogen and oxygen atoms in total. The second-order valence-corrected chi connectivity index (χ2v) is 5.65. The van der Waals surface area contributed by atoms with E-state index in [4.69, 9.17) is 4.74 Å². The van der Waals surface area contributed by atoms with Crippen molar-refractivity contribution in [2.24, 2.45) is 0 Å². The van der Waals surface area contributed by atoms with E-state index in [1.165, 1.54) is 12.8 Å². The minimum atomic E-state index is -0.448.